The van der Waals surface area contributed by atoms with E-state index in [0.717, 1.165) is 43.7 Å². The predicted molar refractivity (Wildman–Crippen MR) is 144 cm³/mol. The van der Waals surface area contributed by atoms with Gasteiger partial charge in [-0.15, -0.1) is 11.8 Å². The number of thioether (sulfide) groups is 1. The van der Waals surface area contributed by atoms with E-state index >= 15 is 0 Å². The van der Waals surface area contributed by atoms with Crippen LogP contribution in [-0.4, -0.2) is 40.4 Å². The van der Waals surface area contributed by atoms with Crippen LogP contribution in [0.4, 0.5) is 11.4 Å². The van der Waals surface area contributed by atoms with Crippen molar-refractivity contribution in [3.05, 3.63) is 84.7 Å². The molecule has 178 valence electrons. The van der Waals surface area contributed by atoms with E-state index in [-0.39, 0.29) is 18.2 Å². The van der Waals surface area contributed by atoms with E-state index in [4.69, 9.17) is 4.74 Å². The lowest BCUT2D eigenvalue weighted by Crippen LogP contribution is -2.31. The van der Waals surface area contributed by atoms with E-state index in [0.29, 0.717) is 5.69 Å². The molecule has 0 radical (unpaired) electrons. The molecule has 2 aromatic heterocycles. The summed E-state index contributed by atoms with van der Waals surface area (Å²) in [5.41, 5.74) is 4.28. The first-order chi connectivity index (χ1) is 17.6. The van der Waals surface area contributed by atoms with E-state index in [1.807, 2.05) is 85.3 Å². The summed E-state index contributed by atoms with van der Waals surface area (Å²) < 4.78 is 5.33. The monoisotopic (exact) mass is 494 g/mol. The van der Waals surface area contributed by atoms with Crippen molar-refractivity contribution in [2.75, 3.05) is 12.0 Å². The molecule has 2 N–H and O–H groups in total. The van der Waals surface area contributed by atoms with Gasteiger partial charge < -0.3 is 14.7 Å². The van der Waals surface area contributed by atoms with Crippen LogP contribution in [0.25, 0.3) is 21.8 Å². The number of ether oxygens (including phenoxy) is 1. The summed E-state index contributed by atoms with van der Waals surface area (Å²) in [5, 5.41) is 1.62. The molecule has 0 saturated carbocycles. The van der Waals surface area contributed by atoms with Crippen LogP contribution in [0, 0.1) is 0 Å². The molecule has 0 spiro atoms. The number of carbonyl (C=O) groups is 2. The van der Waals surface area contributed by atoms with Crippen LogP contribution in [0.1, 0.15) is 12.0 Å². The third-order valence-corrected chi connectivity index (χ3v) is 7.49. The Morgan fingerprint density at radius 2 is 1.86 bits per heavy atom. The molecule has 1 aliphatic rings. The van der Waals surface area contributed by atoms with Crippen molar-refractivity contribution in [2.24, 2.45) is 4.99 Å². The van der Waals surface area contributed by atoms with Gasteiger partial charge in [-0.05, 0) is 66.0 Å². The van der Waals surface area contributed by atoms with Crippen molar-refractivity contribution in [3.63, 3.8) is 0 Å². The van der Waals surface area contributed by atoms with Crippen molar-refractivity contribution in [1.82, 2.24) is 9.97 Å². The minimum atomic E-state index is -0.451. The van der Waals surface area contributed by atoms with E-state index in [2.05, 4.69) is 15.0 Å². The maximum absolute atomic E-state index is 13.1. The van der Waals surface area contributed by atoms with Crippen molar-refractivity contribution in [1.29, 1.82) is 0 Å². The lowest BCUT2D eigenvalue weighted by Gasteiger charge is -2.15. The topological polar surface area (TPSA) is 90.5 Å². The van der Waals surface area contributed by atoms with E-state index in [1.54, 1.807) is 7.11 Å². The Labute approximate surface area is 211 Å². The number of hydrogen-bond donors (Lipinski definition) is 2. The van der Waals surface area contributed by atoms with Gasteiger partial charge in [0.25, 0.3) is 0 Å². The highest BCUT2D eigenvalue weighted by molar-refractivity contribution is 8.00. The Morgan fingerprint density at radius 1 is 1.00 bits per heavy atom. The van der Waals surface area contributed by atoms with Crippen LogP contribution in [0.2, 0.25) is 0 Å². The number of hydrogen-bond acceptors (Lipinski definition) is 5. The summed E-state index contributed by atoms with van der Waals surface area (Å²) in [6.07, 6.45) is 5.75. The average molecular weight is 495 g/mol. The molecule has 36 heavy (non-hydrogen) atoms. The summed E-state index contributed by atoms with van der Waals surface area (Å²) >= 11 is 1.41. The standard InChI is InChI=1S/C28H22N4O3S/c1-35-21-6-9-24-23(13-21)18(16-31-24)15-30-19-3-7-22(8-4-19)36-26-14-27(33)32(28(26)34)20-5-2-17-10-11-29-25(17)12-20/h2-13,15-16,26,29,31H,14H2,1H3. The summed E-state index contributed by atoms with van der Waals surface area (Å²) in [6.45, 7) is 0. The molecule has 5 aromatic rings. The van der Waals surface area contributed by atoms with Gasteiger partial charge in [0, 0.05) is 51.9 Å². The van der Waals surface area contributed by atoms with E-state index < -0.39 is 5.25 Å². The van der Waals surface area contributed by atoms with Crippen LogP contribution in [0.3, 0.4) is 0 Å². The van der Waals surface area contributed by atoms with Gasteiger partial charge in [0.2, 0.25) is 11.8 Å². The number of aliphatic imine (C=N–C) groups is 1. The first-order valence-electron chi connectivity index (χ1n) is 11.5. The number of methoxy groups -OCH3 is 1. The second-order valence-corrected chi connectivity index (χ2v) is 9.81. The molecule has 3 heterocycles. The molecule has 1 fully saturated rings. The number of imide groups is 1. The zero-order valence-corrected chi connectivity index (χ0v) is 20.2. The number of H-pyrrole nitrogens is 2. The molecule has 1 atom stereocenters. The maximum atomic E-state index is 13.1. The summed E-state index contributed by atoms with van der Waals surface area (Å²) in [4.78, 5) is 39.0. The zero-order chi connectivity index (χ0) is 24.6. The Morgan fingerprint density at radius 3 is 2.69 bits per heavy atom. The van der Waals surface area contributed by atoms with Crippen LogP contribution >= 0.6 is 11.8 Å². The number of nitrogens with zero attached hydrogens (tertiary/aromatic N) is 2. The first kappa shape index (κ1) is 22.2. The normalized spacial score (nSPS) is 16.1. The zero-order valence-electron chi connectivity index (χ0n) is 19.4. The molecule has 3 aromatic carbocycles. The second-order valence-electron chi connectivity index (χ2n) is 8.53. The van der Waals surface area contributed by atoms with Crippen LogP contribution < -0.4 is 9.64 Å². The highest BCUT2D eigenvalue weighted by atomic mass is 32.2. The molecule has 7 nitrogen and oxygen atoms in total. The number of fused-ring (bicyclic) bond motifs is 2. The summed E-state index contributed by atoms with van der Waals surface area (Å²) in [6, 6.07) is 21.1. The van der Waals surface area contributed by atoms with Crippen LogP contribution in [0.15, 0.2) is 89.0 Å². The minimum Gasteiger partial charge on any atom is -0.497 e. The number of nitrogens with one attached hydrogen (secondary N) is 2. The SMILES string of the molecule is COc1ccc2[nH]cc(C=Nc3ccc(SC4CC(=O)N(c5ccc6cc[nH]c6c5)C4=O)cc3)c2c1. The molecule has 8 heteroatoms. The van der Waals surface area contributed by atoms with E-state index in [9.17, 15) is 9.59 Å². The van der Waals surface area contributed by atoms with Gasteiger partial charge >= 0.3 is 0 Å². The molecular formula is C28H22N4O3S. The van der Waals surface area contributed by atoms with Gasteiger partial charge in [-0.2, -0.15) is 0 Å². The first-order valence-corrected chi connectivity index (χ1v) is 12.4. The summed E-state index contributed by atoms with van der Waals surface area (Å²) in [7, 11) is 1.65. The van der Waals surface area contributed by atoms with E-state index in [1.165, 1.54) is 16.7 Å². The molecule has 1 saturated heterocycles. The average Bonchev–Trinajstić information content (AvgIpc) is 3.60. The molecule has 6 rings (SSSR count). The number of aromatic amines is 2. The van der Waals surface area contributed by atoms with Gasteiger partial charge in [-0.1, -0.05) is 6.07 Å². The fourth-order valence-electron chi connectivity index (χ4n) is 4.42. The van der Waals surface area contributed by atoms with Gasteiger partial charge in [-0.3, -0.25) is 14.6 Å². The minimum absolute atomic E-state index is 0.177. The third-order valence-electron chi connectivity index (χ3n) is 6.29. The maximum Gasteiger partial charge on any atom is 0.247 e. The van der Waals surface area contributed by atoms with Crippen molar-refractivity contribution >= 4 is 63.0 Å². The molecule has 1 unspecified atom stereocenters. The number of anilines is 1. The molecular weight excluding hydrogens is 472 g/mol. The van der Waals surface area contributed by atoms with Crippen LogP contribution in [-0.2, 0) is 9.59 Å². The van der Waals surface area contributed by atoms with Gasteiger partial charge in [0.1, 0.15) is 5.75 Å². The largest absolute Gasteiger partial charge is 0.497 e. The quantitative estimate of drug-likeness (QED) is 0.229. The number of amides is 2. The second kappa shape index (κ2) is 9.05. The predicted octanol–water partition coefficient (Wildman–Crippen LogP) is 5.83. The lowest BCUT2D eigenvalue weighted by atomic mass is 10.2. The molecule has 0 aliphatic carbocycles. The highest BCUT2D eigenvalue weighted by Gasteiger charge is 2.40. The fourth-order valence-corrected chi connectivity index (χ4v) is 5.47. The smallest absolute Gasteiger partial charge is 0.247 e. The lowest BCUT2D eigenvalue weighted by molar-refractivity contribution is -0.121. The van der Waals surface area contributed by atoms with Gasteiger partial charge in [-0.25, -0.2) is 4.90 Å². The highest BCUT2D eigenvalue weighted by Crippen LogP contribution is 2.35. The number of benzene rings is 3. The Bertz CT molecular complexity index is 1630. The Hall–Kier alpha value is -4.30. The van der Waals surface area contributed by atoms with Crippen LogP contribution in [0.5, 0.6) is 5.75 Å². The third kappa shape index (κ3) is 4.05. The molecule has 2 amide bonds. The molecule has 0 bridgehead atoms. The number of rotatable bonds is 6. The Balaban J connectivity index is 1.15. The summed E-state index contributed by atoms with van der Waals surface area (Å²) in [5.74, 6) is 0.425. The number of aromatic nitrogens is 2. The van der Waals surface area contributed by atoms with Crippen molar-refractivity contribution < 1.29 is 14.3 Å². The Kier molecular flexibility index (Phi) is 5.58. The number of carbonyl (C=O) groups excluding carboxylic acids is 2. The van der Waals surface area contributed by atoms with Crippen molar-refractivity contribution in [2.45, 2.75) is 16.6 Å². The fraction of sp³-hybridized carbons (Fsp3) is 0.107. The van der Waals surface area contributed by atoms with Gasteiger partial charge in [0.15, 0.2) is 0 Å². The molecule has 1 aliphatic heterocycles. The van der Waals surface area contributed by atoms with Crippen molar-refractivity contribution in [3.8, 4) is 5.75 Å². The van der Waals surface area contributed by atoms with Gasteiger partial charge in [0.05, 0.1) is 23.7 Å².